The Bertz CT molecular complexity index is 1040. The van der Waals surface area contributed by atoms with E-state index in [-0.39, 0.29) is 19.1 Å². The number of likely N-dealkylation sites (tertiary alicyclic amines) is 1. The number of benzene rings is 2. The van der Waals surface area contributed by atoms with Gasteiger partial charge in [0, 0.05) is 12.5 Å². The minimum atomic E-state index is -1.02. The lowest BCUT2D eigenvalue weighted by molar-refractivity contribution is -0.146. The number of carboxylic acid groups (broad SMARTS) is 1. The highest BCUT2D eigenvalue weighted by Crippen LogP contribution is 2.44. The van der Waals surface area contributed by atoms with Crippen LogP contribution in [-0.4, -0.2) is 53.7 Å². The Morgan fingerprint density at radius 2 is 1.71 bits per heavy atom. The third-order valence-electron chi connectivity index (χ3n) is 5.66. The fourth-order valence-corrected chi connectivity index (χ4v) is 4.22. The number of rotatable bonds is 4. The molecule has 1 saturated heterocycles. The Labute approximate surface area is 180 Å². The van der Waals surface area contributed by atoms with E-state index in [1.165, 1.54) is 4.90 Å². The van der Waals surface area contributed by atoms with Gasteiger partial charge in [0.2, 0.25) is 0 Å². The Hall–Kier alpha value is -3.79. The molecule has 0 spiro atoms. The molecule has 2 aliphatic rings. The average Bonchev–Trinajstić information content (AvgIpc) is 3.39. The van der Waals surface area contributed by atoms with Crippen LogP contribution in [-0.2, 0) is 14.3 Å². The highest BCUT2D eigenvalue weighted by Gasteiger charge is 2.33. The van der Waals surface area contributed by atoms with Crippen molar-refractivity contribution in [2.24, 2.45) is 0 Å². The van der Waals surface area contributed by atoms with Crippen molar-refractivity contribution >= 4 is 18.0 Å². The van der Waals surface area contributed by atoms with E-state index in [4.69, 9.17) is 9.84 Å². The number of ether oxygens (including phenoxy) is 1. The van der Waals surface area contributed by atoms with Gasteiger partial charge in [0.1, 0.15) is 12.6 Å². The first-order chi connectivity index (χ1) is 15.1. The molecule has 31 heavy (non-hydrogen) atoms. The largest absolute Gasteiger partial charge is 0.480 e. The maximum atomic E-state index is 12.1. The molecule has 0 saturated carbocycles. The number of hydrogen-bond acceptors (Lipinski definition) is 4. The number of fused-ring (bicyclic) bond motifs is 3. The van der Waals surface area contributed by atoms with Crippen LogP contribution in [0.5, 0.6) is 0 Å². The number of alkyl carbamates (subject to hydrolysis) is 1. The second-order valence-corrected chi connectivity index (χ2v) is 7.48. The summed E-state index contributed by atoms with van der Waals surface area (Å²) in [6, 6.07) is 15.3. The summed E-state index contributed by atoms with van der Waals surface area (Å²) in [4.78, 5) is 36.6. The van der Waals surface area contributed by atoms with Crippen LogP contribution in [0, 0.1) is 11.8 Å². The molecule has 7 heteroatoms. The molecule has 2 aromatic rings. The molecule has 1 atom stereocenters. The molecule has 7 nitrogen and oxygen atoms in total. The van der Waals surface area contributed by atoms with Gasteiger partial charge in [-0.2, -0.15) is 0 Å². The van der Waals surface area contributed by atoms with E-state index in [9.17, 15) is 14.4 Å². The Balaban J connectivity index is 1.30. The van der Waals surface area contributed by atoms with Gasteiger partial charge in [0.05, 0.1) is 6.54 Å². The third kappa shape index (κ3) is 4.24. The molecular weight excluding hydrogens is 396 g/mol. The van der Waals surface area contributed by atoms with Crippen molar-refractivity contribution in [1.82, 2.24) is 10.2 Å². The highest BCUT2D eigenvalue weighted by molar-refractivity contribution is 5.96. The van der Waals surface area contributed by atoms with Crippen molar-refractivity contribution in [3.05, 3.63) is 59.7 Å². The van der Waals surface area contributed by atoms with E-state index >= 15 is 0 Å². The van der Waals surface area contributed by atoms with Gasteiger partial charge in [-0.15, -0.1) is 0 Å². The molecule has 1 aliphatic carbocycles. The van der Waals surface area contributed by atoms with Gasteiger partial charge >= 0.3 is 12.1 Å². The van der Waals surface area contributed by atoms with Crippen molar-refractivity contribution in [2.75, 3.05) is 19.7 Å². The van der Waals surface area contributed by atoms with E-state index in [2.05, 4.69) is 29.3 Å². The molecular formula is C24H22N2O5. The molecule has 0 radical (unpaired) electrons. The summed E-state index contributed by atoms with van der Waals surface area (Å²) in [6.07, 6.45) is 0.455. The van der Waals surface area contributed by atoms with Crippen molar-refractivity contribution in [3.8, 4) is 23.0 Å². The van der Waals surface area contributed by atoms with Gasteiger partial charge in [-0.1, -0.05) is 54.5 Å². The fraction of sp³-hybridized carbons (Fsp3) is 0.292. The molecule has 4 rings (SSSR count). The summed E-state index contributed by atoms with van der Waals surface area (Å²) < 4.78 is 5.40. The van der Waals surface area contributed by atoms with Crippen LogP contribution in [0.15, 0.2) is 48.5 Å². The third-order valence-corrected chi connectivity index (χ3v) is 5.66. The number of carboxylic acids is 1. The number of amides is 2. The average molecular weight is 418 g/mol. The molecule has 1 heterocycles. The topological polar surface area (TPSA) is 95.9 Å². The van der Waals surface area contributed by atoms with Crippen LogP contribution < -0.4 is 5.32 Å². The first kappa shape index (κ1) is 20.5. The van der Waals surface area contributed by atoms with E-state index in [0.29, 0.717) is 19.4 Å². The predicted octanol–water partition coefficient (Wildman–Crippen LogP) is 2.60. The van der Waals surface area contributed by atoms with Crippen molar-refractivity contribution in [1.29, 1.82) is 0 Å². The van der Waals surface area contributed by atoms with Crippen LogP contribution in [0.3, 0.4) is 0 Å². The number of hydrogen-bond donors (Lipinski definition) is 2. The molecule has 0 aromatic heterocycles. The normalized spacial score (nSPS) is 16.6. The maximum Gasteiger partial charge on any atom is 0.407 e. The predicted molar refractivity (Wildman–Crippen MR) is 113 cm³/mol. The smallest absolute Gasteiger partial charge is 0.407 e. The van der Waals surface area contributed by atoms with Crippen molar-refractivity contribution in [3.63, 3.8) is 0 Å². The molecule has 0 bridgehead atoms. The minimum Gasteiger partial charge on any atom is -0.480 e. The fourth-order valence-electron chi connectivity index (χ4n) is 4.22. The molecule has 2 N–H and O–H groups in total. The summed E-state index contributed by atoms with van der Waals surface area (Å²) in [7, 11) is 0. The Morgan fingerprint density at radius 1 is 1.06 bits per heavy atom. The van der Waals surface area contributed by atoms with Gasteiger partial charge in [-0.3, -0.25) is 4.79 Å². The number of nitrogens with zero attached hydrogens (tertiary/aromatic N) is 1. The molecule has 0 unspecified atom stereocenters. The van der Waals surface area contributed by atoms with Gasteiger partial charge in [-0.05, 0) is 41.0 Å². The Morgan fingerprint density at radius 3 is 2.35 bits per heavy atom. The zero-order valence-electron chi connectivity index (χ0n) is 16.8. The molecule has 158 valence electrons. The van der Waals surface area contributed by atoms with Crippen molar-refractivity contribution < 1.29 is 24.2 Å². The van der Waals surface area contributed by atoms with Gasteiger partial charge in [0.25, 0.3) is 5.91 Å². The van der Waals surface area contributed by atoms with Crippen LogP contribution in [0.4, 0.5) is 4.79 Å². The molecule has 1 aliphatic heterocycles. The maximum absolute atomic E-state index is 12.1. The first-order valence-electron chi connectivity index (χ1n) is 10.2. The summed E-state index contributed by atoms with van der Waals surface area (Å²) >= 11 is 0. The van der Waals surface area contributed by atoms with Crippen LogP contribution >= 0.6 is 0 Å². The number of nitrogens with one attached hydrogen (secondary N) is 1. The van der Waals surface area contributed by atoms with Gasteiger partial charge in [0.15, 0.2) is 0 Å². The lowest BCUT2D eigenvalue weighted by Gasteiger charge is -2.18. The zero-order chi connectivity index (χ0) is 21.8. The van der Waals surface area contributed by atoms with Crippen LogP contribution in [0.25, 0.3) is 11.1 Å². The summed E-state index contributed by atoms with van der Waals surface area (Å²) in [6.45, 7) is 0.512. The van der Waals surface area contributed by atoms with E-state index in [1.807, 2.05) is 36.4 Å². The highest BCUT2D eigenvalue weighted by atomic mass is 16.5. The lowest BCUT2D eigenvalue weighted by atomic mass is 9.98. The zero-order valence-corrected chi connectivity index (χ0v) is 16.8. The molecule has 2 amide bonds. The van der Waals surface area contributed by atoms with Crippen LogP contribution in [0.2, 0.25) is 0 Å². The van der Waals surface area contributed by atoms with E-state index in [0.717, 1.165) is 22.3 Å². The standard InChI is InChI=1S/C24H22N2O5/c27-22(26-14-6-11-21(26)23(28)29)12-5-13-25-24(30)31-15-20-18-9-3-1-7-16(18)17-8-2-4-10-19(17)20/h1-4,7-10,20-21H,6,11,13-15H2,(H,25,30)(H,28,29)/t21-/m1/s1. The second-order valence-electron chi connectivity index (χ2n) is 7.48. The van der Waals surface area contributed by atoms with Gasteiger partial charge < -0.3 is 20.1 Å². The quantitative estimate of drug-likeness (QED) is 0.744. The molecule has 2 aromatic carbocycles. The van der Waals surface area contributed by atoms with Crippen LogP contribution in [0.1, 0.15) is 29.9 Å². The molecule has 1 fully saturated rings. The van der Waals surface area contributed by atoms with E-state index < -0.39 is 24.0 Å². The summed E-state index contributed by atoms with van der Waals surface area (Å²) in [5, 5.41) is 11.6. The Kier molecular flexibility index (Phi) is 5.89. The first-order valence-corrected chi connectivity index (χ1v) is 10.2. The monoisotopic (exact) mass is 418 g/mol. The van der Waals surface area contributed by atoms with E-state index in [1.54, 1.807) is 0 Å². The minimum absolute atomic E-state index is 0.0334. The SMILES string of the molecule is O=C(NCC#CC(=O)N1CCC[C@@H]1C(=O)O)OCC1c2ccccc2-c2ccccc21. The summed E-state index contributed by atoms with van der Waals surface area (Å²) in [5.41, 5.74) is 4.55. The summed E-state index contributed by atoms with van der Waals surface area (Å²) in [5.74, 6) is 3.36. The number of aliphatic carboxylic acids is 1. The lowest BCUT2D eigenvalue weighted by Crippen LogP contribution is -2.39. The number of carbonyl (C=O) groups is 3. The van der Waals surface area contributed by atoms with Gasteiger partial charge in [-0.25, -0.2) is 9.59 Å². The number of carbonyl (C=O) groups excluding carboxylic acids is 2. The van der Waals surface area contributed by atoms with Crippen molar-refractivity contribution in [2.45, 2.75) is 24.8 Å². The second kappa shape index (κ2) is 8.92.